The van der Waals surface area contributed by atoms with Gasteiger partial charge in [-0.1, -0.05) is 54.1 Å². The molecule has 0 atom stereocenters. The molecule has 2 aromatic carbocycles. The lowest BCUT2D eigenvalue weighted by Crippen LogP contribution is -2.36. The first-order valence-electron chi connectivity index (χ1n) is 8.41. The maximum Gasteiger partial charge on any atom is 0.215 e. The third-order valence-electron chi connectivity index (χ3n) is 3.89. The van der Waals surface area contributed by atoms with E-state index in [1.165, 1.54) is 18.2 Å². The number of benzene rings is 2. The van der Waals surface area contributed by atoms with Gasteiger partial charge in [0.15, 0.2) is 5.96 Å². The fraction of sp³-hybridized carbons (Fsp3) is 0.316. The molecule has 140 valence electrons. The van der Waals surface area contributed by atoms with Crippen LogP contribution in [0.2, 0.25) is 0 Å². The molecule has 0 fully saturated rings. The second kappa shape index (κ2) is 9.35. The molecule has 0 radical (unpaired) electrons. The lowest BCUT2D eigenvalue weighted by atomic mass is 10.1. The first-order valence-corrected chi connectivity index (χ1v) is 10.1. The molecule has 0 saturated heterocycles. The SMILES string of the molecule is CN=C(NCc1cccc(C)c1)NCc1cccc(CS(=O)(=O)NC)c1. The molecule has 0 spiro atoms. The molecule has 0 aliphatic heterocycles. The van der Waals surface area contributed by atoms with Crippen molar-refractivity contribution in [1.29, 1.82) is 0 Å². The van der Waals surface area contributed by atoms with Gasteiger partial charge in [0.1, 0.15) is 0 Å². The number of rotatable bonds is 7. The predicted octanol–water partition coefficient (Wildman–Crippen LogP) is 1.91. The molecule has 0 amide bonds. The summed E-state index contributed by atoms with van der Waals surface area (Å²) in [6.45, 7) is 3.31. The number of nitrogens with one attached hydrogen (secondary N) is 3. The zero-order chi connectivity index (χ0) is 19.0. The molecule has 3 N–H and O–H groups in total. The molecule has 2 rings (SSSR count). The zero-order valence-electron chi connectivity index (χ0n) is 15.4. The van der Waals surface area contributed by atoms with Crippen molar-refractivity contribution in [3.05, 3.63) is 70.8 Å². The number of hydrogen-bond acceptors (Lipinski definition) is 3. The smallest absolute Gasteiger partial charge is 0.215 e. The van der Waals surface area contributed by atoms with Crippen LogP contribution in [0.25, 0.3) is 0 Å². The van der Waals surface area contributed by atoms with Crippen LogP contribution >= 0.6 is 0 Å². The van der Waals surface area contributed by atoms with E-state index >= 15 is 0 Å². The fourth-order valence-electron chi connectivity index (χ4n) is 2.54. The molecular formula is C19H26N4O2S. The van der Waals surface area contributed by atoms with Crippen molar-refractivity contribution in [1.82, 2.24) is 15.4 Å². The van der Waals surface area contributed by atoms with Crippen molar-refractivity contribution in [3.63, 3.8) is 0 Å². The Morgan fingerprint density at radius 1 is 0.962 bits per heavy atom. The van der Waals surface area contributed by atoms with Gasteiger partial charge in [-0.2, -0.15) is 0 Å². The molecule has 0 aromatic heterocycles. The third kappa shape index (κ3) is 6.50. The Balaban J connectivity index is 1.92. The molecule has 0 aliphatic rings. The van der Waals surface area contributed by atoms with Gasteiger partial charge in [0.2, 0.25) is 10.0 Å². The van der Waals surface area contributed by atoms with E-state index in [1.807, 2.05) is 30.3 Å². The van der Waals surface area contributed by atoms with Gasteiger partial charge in [-0.05, 0) is 30.7 Å². The van der Waals surface area contributed by atoms with E-state index in [1.54, 1.807) is 7.05 Å². The standard InChI is InChI=1S/C19H26N4O2S/c1-15-6-4-7-16(10-15)12-22-19(20-2)23-13-17-8-5-9-18(11-17)14-26(24,25)21-3/h4-11,21H,12-14H2,1-3H3,(H2,20,22,23). The van der Waals surface area contributed by atoms with Gasteiger partial charge in [-0.15, -0.1) is 0 Å². The summed E-state index contributed by atoms with van der Waals surface area (Å²) in [5.41, 5.74) is 4.15. The van der Waals surface area contributed by atoms with Crippen LogP contribution in [0.5, 0.6) is 0 Å². The van der Waals surface area contributed by atoms with Crippen LogP contribution in [-0.4, -0.2) is 28.5 Å². The predicted molar refractivity (Wildman–Crippen MR) is 106 cm³/mol. The van der Waals surface area contributed by atoms with Gasteiger partial charge in [0.05, 0.1) is 5.75 Å². The normalized spacial score (nSPS) is 12.0. The largest absolute Gasteiger partial charge is 0.352 e. The minimum Gasteiger partial charge on any atom is -0.352 e. The molecule has 0 heterocycles. The van der Waals surface area contributed by atoms with Crippen LogP contribution in [0, 0.1) is 6.92 Å². The Morgan fingerprint density at radius 3 is 2.12 bits per heavy atom. The van der Waals surface area contributed by atoms with Crippen LogP contribution in [0.1, 0.15) is 22.3 Å². The van der Waals surface area contributed by atoms with Gasteiger partial charge in [-0.25, -0.2) is 13.1 Å². The van der Waals surface area contributed by atoms with E-state index in [-0.39, 0.29) is 5.75 Å². The Hall–Kier alpha value is -2.38. The second-order valence-electron chi connectivity index (χ2n) is 6.05. The number of hydrogen-bond donors (Lipinski definition) is 3. The van der Waals surface area contributed by atoms with E-state index in [4.69, 9.17) is 0 Å². The summed E-state index contributed by atoms with van der Waals surface area (Å²) < 4.78 is 25.7. The first-order chi connectivity index (χ1) is 12.4. The molecule has 0 saturated carbocycles. The van der Waals surface area contributed by atoms with Gasteiger partial charge in [0, 0.05) is 20.1 Å². The van der Waals surface area contributed by atoms with E-state index in [0.717, 1.165) is 11.1 Å². The Morgan fingerprint density at radius 2 is 1.54 bits per heavy atom. The maximum absolute atomic E-state index is 11.7. The number of aryl methyl sites for hydroxylation is 1. The summed E-state index contributed by atoms with van der Waals surface area (Å²) in [5.74, 6) is 0.664. The maximum atomic E-state index is 11.7. The monoisotopic (exact) mass is 374 g/mol. The van der Waals surface area contributed by atoms with Gasteiger partial charge in [0.25, 0.3) is 0 Å². The molecule has 7 heteroatoms. The average Bonchev–Trinajstić information content (AvgIpc) is 2.62. The van der Waals surface area contributed by atoms with Crippen molar-refractivity contribution in [2.75, 3.05) is 14.1 Å². The Kier molecular flexibility index (Phi) is 7.17. The van der Waals surface area contributed by atoms with Crippen LogP contribution in [0.3, 0.4) is 0 Å². The van der Waals surface area contributed by atoms with Crippen LogP contribution in [-0.2, 0) is 28.9 Å². The Labute approximate surface area is 155 Å². The van der Waals surface area contributed by atoms with Gasteiger partial charge in [-0.3, -0.25) is 4.99 Å². The quantitative estimate of drug-likeness (QED) is 0.511. The van der Waals surface area contributed by atoms with Crippen LogP contribution in [0.4, 0.5) is 0 Å². The average molecular weight is 375 g/mol. The summed E-state index contributed by atoms with van der Waals surface area (Å²) in [6, 6.07) is 15.8. The topological polar surface area (TPSA) is 82.6 Å². The first kappa shape index (κ1) is 19.9. The van der Waals surface area contributed by atoms with E-state index < -0.39 is 10.0 Å². The summed E-state index contributed by atoms with van der Waals surface area (Å²) in [5, 5.41) is 6.53. The molecule has 0 bridgehead atoms. The van der Waals surface area contributed by atoms with E-state index in [9.17, 15) is 8.42 Å². The zero-order valence-corrected chi connectivity index (χ0v) is 16.2. The molecule has 0 aliphatic carbocycles. The summed E-state index contributed by atoms with van der Waals surface area (Å²) in [6.07, 6.45) is 0. The fourth-order valence-corrected chi connectivity index (χ4v) is 3.30. The Bertz CT molecular complexity index is 863. The van der Waals surface area contributed by atoms with Crippen molar-refractivity contribution < 1.29 is 8.42 Å². The van der Waals surface area contributed by atoms with Crippen molar-refractivity contribution in [3.8, 4) is 0 Å². The van der Waals surface area contributed by atoms with Crippen LogP contribution in [0.15, 0.2) is 53.5 Å². The van der Waals surface area contributed by atoms with Crippen LogP contribution < -0.4 is 15.4 Å². The number of nitrogens with zero attached hydrogens (tertiary/aromatic N) is 1. The molecule has 0 unspecified atom stereocenters. The number of sulfonamides is 1. The van der Waals surface area contributed by atoms with Gasteiger partial charge >= 0.3 is 0 Å². The van der Waals surface area contributed by atoms with E-state index in [2.05, 4.69) is 45.5 Å². The minimum absolute atomic E-state index is 0.0301. The lowest BCUT2D eigenvalue weighted by Gasteiger charge is -2.13. The molecule has 6 nitrogen and oxygen atoms in total. The summed E-state index contributed by atoms with van der Waals surface area (Å²) in [4.78, 5) is 4.22. The van der Waals surface area contributed by atoms with E-state index in [0.29, 0.717) is 19.0 Å². The minimum atomic E-state index is -3.27. The molecule has 2 aromatic rings. The number of aliphatic imine (C=N–C) groups is 1. The number of guanidine groups is 1. The van der Waals surface area contributed by atoms with Crippen molar-refractivity contribution in [2.45, 2.75) is 25.8 Å². The highest BCUT2D eigenvalue weighted by Crippen LogP contribution is 2.08. The highest BCUT2D eigenvalue weighted by atomic mass is 32.2. The lowest BCUT2D eigenvalue weighted by molar-refractivity contribution is 0.587. The molecule has 26 heavy (non-hydrogen) atoms. The summed E-state index contributed by atoms with van der Waals surface area (Å²) in [7, 11) is -0.130. The van der Waals surface area contributed by atoms with Crippen molar-refractivity contribution in [2.24, 2.45) is 4.99 Å². The highest BCUT2D eigenvalue weighted by Gasteiger charge is 2.09. The molecular weight excluding hydrogens is 348 g/mol. The third-order valence-corrected chi connectivity index (χ3v) is 5.22. The highest BCUT2D eigenvalue weighted by molar-refractivity contribution is 7.88. The summed E-state index contributed by atoms with van der Waals surface area (Å²) >= 11 is 0. The van der Waals surface area contributed by atoms with Crippen molar-refractivity contribution >= 4 is 16.0 Å². The second-order valence-corrected chi connectivity index (χ2v) is 7.98. The van der Waals surface area contributed by atoms with Gasteiger partial charge < -0.3 is 10.6 Å².